The topological polar surface area (TPSA) is 44.1 Å². The number of ether oxygens (including phenoxy) is 1. The Morgan fingerprint density at radius 3 is 2.72 bits per heavy atom. The number of fused-ring (bicyclic) bond motifs is 1. The van der Waals surface area contributed by atoms with Crippen LogP contribution in [-0.2, 0) is 11.3 Å². The summed E-state index contributed by atoms with van der Waals surface area (Å²) in [6.45, 7) is 2.55. The van der Waals surface area contributed by atoms with Crippen LogP contribution in [0.25, 0.3) is 22.2 Å². The van der Waals surface area contributed by atoms with Gasteiger partial charge in [0.15, 0.2) is 0 Å². The molecule has 29 heavy (non-hydrogen) atoms. The Labute approximate surface area is 172 Å². The molecule has 0 saturated heterocycles. The SMILES string of the molecule is COC(=O)c1ccc(-c2cn(Cc3c(C)cccc3Cl)c3cccnc23)c(F)c1. The molecule has 4 nitrogen and oxygen atoms in total. The second-order valence-electron chi connectivity index (χ2n) is 6.76. The van der Waals surface area contributed by atoms with E-state index in [1.165, 1.54) is 13.2 Å². The van der Waals surface area contributed by atoms with Crippen LogP contribution in [0.2, 0.25) is 5.02 Å². The fraction of sp³-hybridized carbons (Fsp3) is 0.130. The van der Waals surface area contributed by atoms with Gasteiger partial charge in [0.2, 0.25) is 0 Å². The van der Waals surface area contributed by atoms with E-state index in [9.17, 15) is 9.18 Å². The minimum Gasteiger partial charge on any atom is -0.465 e. The van der Waals surface area contributed by atoms with E-state index >= 15 is 0 Å². The Morgan fingerprint density at radius 2 is 2.00 bits per heavy atom. The normalized spacial score (nSPS) is 11.0. The Bertz CT molecular complexity index is 1210. The number of halogens is 2. The third kappa shape index (κ3) is 3.49. The molecule has 146 valence electrons. The second kappa shape index (κ2) is 7.68. The van der Waals surface area contributed by atoms with Crippen molar-refractivity contribution in [2.75, 3.05) is 7.11 Å². The van der Waals surface area contributed by atoms with Crippen molar-refractivity contribution < 1.29 is 13.9 Å². The van der Waals surface area contributed by atoms with Crippen LogP contribution < -0.4 is 0 Å². The highest BCUT2D eigenvalue weighted by atomic mass is 35.5. The van der Waals surface area contributed by atoms with Gasteiger partial charge in [0, 0.05) is 35.1 Å². The van der Waals surface area contributed by atoms with Crippen molar-refractivity contribution in [3.8, 4) is 11.1 Å². The summed E-state index contributed by atoms with van der Waals surface area (Å²) in [6, 6.07) is 13.9. The van der Waals surface area contributed by atoms with Gasteiger partial charge in [-0.3, -0.25) is 4.98 Å². The lowest BCUT2D eigenvalue weighted by Gasteiger charge is -2.10. The first kappa shape index (κ1) is 19.2. The zero-order valence-corrected chi connectivity index (χ0v) is 16.7. The molecule has 0 bridgehead atoms. The Kier molecular flexibility index (Phi) is 5.07. The number of carbonyl (C=O) groups excluding carboxylic acids is 1. The van der Waals surface area contributed by atoms with Crippen molar-refractivity contribution >= 4 is 28.6 Å². The molecule has 0 fully saturated rings. The lowest BCUT2D eigenvalue weighted by atomic mass is 10.0. The van der Waals surface area contributed by atoms with E-state index < -0.39 is 11.8 Å². The number of pyridine rings is 1. The van der Waals surface area contributed by atoms with E-state index in [0.717, 1.165) is 16.6 Å². The highest BCUT2D eigenvalue weighted by Crippen LogP contribution is 2.33. The van der Waals surface area contributed by atoms with E-state index in [2.05, 4.69) is 9.72 Å². The van der Waals surface area contributed by atoms with Gasteiger partial charge in [-0.05, 0) is 48.4 Å². The molecule has 4 rings (SSSR count). The Balaban J connectivity index is 1.84. The third-order valence-corrected chi connectivity index (χ3v) is 5.35. The van der Waals surface area contributed by atoms with Crippen LogP contribution in [0.1, 0.15) is 21.5 Å². The molecule has 0 aliphatic rings. The molecule has 0 unspecified atom stereocenters. The molecule has 6 heteroatoms. The molecule has 0 spiro atoms. The number of hydrogen-bond donors (Lipinski definition) is 0. The number of aryl methyl sites for hydroxylation is 1. The number of methoxy groups -OCH3 is 1. The molecule has 0 saturated carbocycles. The van der Waals surface area contributed by atoms with Crippen molar-refractivity contribution in [3.05, 3.63) is 88.5 Å². The summed E-state index contributed by atoms with van der Waals surface area (Å²) in [5.74, 6) is -1.09. The number of benzene rings is 2. The highest BCUT2D eigenvalue weighted by Gasteiger charge is 2.17. The summed E-state index contributed by atoms with van der Waals surface area (Å²) < 4.78 is 21.5. The van der Waals surface area contributed by atoms with Crippen LogP contribution >= 0.6 is 11.6 Å². The maximum Gasteiger partial charge on any atom is 0.337 e. The quantitative estimate of drug-likeness (QED) is 0.410. The molecule has 0 aliphatic carbocycles. The lowest BCUT2D eigenvalue weighted by molar-refractivity contribution is 0.0600. The van der Waals surface area contributed by atoms with Gasteiger partial charge >= 0.3 is 5.97 Å². The summed E-state index contributed by atoms with van der Waals surface area (Å²) in [4.78, 5) is 16.1. The summed E-state index contributed by atoms with van der Waals surface area (Å²) in [7, 11) is 1.27. The van der Waals surface area contributed by atoms with Gasteiger partial charge in [0.05, 0.1) is 23.7 Å². The molecular formula is C23H18ClFN2O2. The maximum absolute atomic E-state index is 14.9. The Morgan fingerprint density at radius 1 is 1.17 bits per heavy atom. The number of esters is 1. The summed E-state index contributed by atoms with van der Waals surface area (Å²) in [6.07, 6.45) is 3.55. The van der Waals surface area contributed by atoms with Crippen LogP contribution in [0.15, 0.2) is 60.9 Å². The van der Waals surface area contributed by atoms with Crippen molar-refractivity contribution in [2.45, 2.75) is 13.5 Å². The molecule has 2 aromatic carbocycles. The van der Waals surface area contributed by atoms with Crippen LogP contribution in [0.3, 0.4) is 0 Å². The van der Waals surface area contributed by atoms with Crippen molar-refractivity contribution in [1.29, 1.82) is 0 Å². The van der Waals surface area contributed by atoms with Crippen molar-refractivity contribution in [3.63, 3.8) is 0 Å². The van der Waals surface area contributed by atoms with Gasteiger partial charge in [0.25, 0.3) is 0 Å². The number of hydrogen-bond acceptors (Lipinski definition) is 3. The molecule has 2 aromatic heterocycles. The largest absolute Gasteiger partial charge is 0.465 e. The molecule has 0 amide bonds. The van der Waals surface area contributed by atoms with Gasteiger partial charge < -0.3 is 9.30 Å². The van der Waals surface area contributed by atoms with Crippen LogP contribution in [0.4, 0.5) is 4.39 Å². The molecule has 4 aromatic rings. The van der Waals surface area contributed by atoms with Gasteiger partial charge in [-0.25, -0.2) is 9.18 Å². The first-order chi connectivity index (χ1) is 14.0. The molecular weight excluding hydrogens is 391 g/mol. The van der Waals surface area contributed by atoms with E-state index in [-0.39, 0.29) is 5.56 Å². The number of nitrogens with zero attached hydrogens (tertiary/aromatic N) is 2. The van der Waals surface area contributed by atoms with Gasteiger partial charge in [0.1, 0.15) is 5.82 Å². The number of aromatic nitrogens is 2. The van der Waals surface area contributed by atoms with E-state index in [0.29, 0.717) is 28.2 Å². The van der Waals surface area contributed by atoms with Gasteiger partial charge in [-0.15, -0.1) is 0 Å². The van der Waals surface area contributed by atoms with Gasteiger partial charge in [-0.2, -0.15) is 0 Å². The van der Waals surface area contributed by atoms with Crippen LogP contribution in [0, 0.1) is 12.7 Å². The molecule has 0 aliphatic heterocycles. The maximum atomic E-state index is 14.9. The first-order valence-corrected chi connectivity index (χ1v) is 9.43. The smallest absolute Gasteiger partial charge is 0.337 e. The minimum absolute atomic E-state index is 0.164. The van der Waals surface area contributed by atoms with Crippen LogP contribution in [0.5, 0.6) is 0 Å². The minimum atomic E-state index is -0.579. The van der Waals surface area contributed by atoms with Crippen molar-refractivity contribution in [2.24, 2.45) is 0 Å². The first-order valence-electron chi connectivity index (χ1n) is 9.05. The standard InChI is InChI=1S/C23H18ClFN2O2/c1-14-5-3-6-19(24)17(14)12-27-13-18(22-21(27)7-4-10-26-22)16-9-8-15(11-20(16)25)23(28)29-2/h3-11,13H,12H2,1-2H3. The monoisotopic (exact) mass is 408 g/mol. The third-order valence-electron chi connectivity index (χ3n) is 5.00. The zero-order chi connectivity index (χ0) is 20.5. The van der Waals surface area contributed by atoms with E-state index in [4.69, 9.17) is 11.6 Å². The molecule has 2 heterocycles. The fourth-order valence-corrected chi connectivity index (χ4v) is 3.75. The van der Waals surface area contributed by atoms with E-state index in [1.54, 1.807) is 18.3 Å². The van der Waals surface area contributed by atoms with Crippen molar-refractivity contribution in [1.82, 2.24) is 9.55 Å². The van der Waals surface area contributed by atoms with Gasteiger partial charge in [-0.1, -0.05) is 29.8 Å². The molecule has 0 N–H and O–H groups in total. The molecule has 0 radical (unpaired) electrons. The second-order valence-corrected chi connectivity index (χ2v) is 7.17. The average Bonchev–Trinajstić information content (AvgIpc) is 3.08. The molecule has 0 atom stereocenters. The lowest BCUT2D eigenvalue weighted by Crippen LogP contribution is -2.02. The average molecular weight is 409 g/mol. The number of carbonyl (C=O) groups is 1. The zero-order valence-electron chi connectivity index (χ0n) is 15.9. The fourth-order valence-electron chi connectivity index (χ4n) is 3.47. The van der Waals surface area contributed by atoms with Crippen LogP contribution in [-0.4, -0.2) is 22.6 Å². The Hall–Kier alpha value is -3.18. The van der Waals surface area contributed by atoms with E-state index in [1.807, 2.05) is 48.0 Å². The highest BCUT2D eigenvalue weighted by molar-refractivity contribution is 6.31. The summed E-state index contributed by atoms with van der Waals surface area (Å²) in [5.41, 5.74) is 4.83. The predicted octanol–water partition coefficient (Wildman–Crippen LogP) is 5.64. The summed E-state index contributed by atoms with van der Waals surface area (Å²) in [5, 5.41) is 0.686. The summed E-state index contributed by atoms with van der Waals surface area (Å²) >= 11 is 6.41. The number of rotatable bonds is 4. The predicted molar refractivity (Wildman–Crippen MR) is 112 cm³/mol.